The number of allylic oxidation sites excluding steroid dienone is 4. The topological polar surface area (TPSA) is 78.9 Å². The van der Waals surface area contributed by atoms with E-state index < -0.39 is 6.10 Å². The second kappa shape index (κ2) is 50.5. The zero-order valence-electron chi connectivity index (χ0n) is 40.9. The highest BCUT2D eigenvalue weighted by atomic mass is 16.6. The van der Waals surface area contributed by atoms with E-state index in [0.717, 1.165) is 83.5 Å². The van der Waals surface area contributed by atoms with Crippen LogP contribution < -0.4 is 0 Å². The summed E-state index contributed by atoms with van der Waals surface area (Å²) in [5.41, 5.74) is 0. The zero-order chi connectivity index (χ0) is 44.4. The molecule has 0 unspecified atom stereocenters. The highest BCUT2D eigenvalue weighted by molar-refractivity contribution is 5.71. The molecule has 0 aromatic carbocycles. The molecule has 0 saturated heterocycles. The molecule has 0 bridgehead atoms. The van der Waals surface area contributed by atoms with Crippen LogP contribution in [0.2, 0.25) is 0 Å². The SMILES string of the molecule is CCCC/C=C/C/C=C/CCCCCCCC(=O)O[C@H](COC(=O)CCCCCCCCCCCCCCC)COC(=O)CCCCCCCCCCCCCCCCCC. The number of unbranched alkanes of at least 4 members (excludes halogenated alkanes) is 34. The molecule has 0 rings (SSSR count). The summed E-state index contributed by atoms with van der Waals surface area (Å²) < 4.78 is 16.8. The molecule has 0 spiro atoms. The first-order chi connectivity index (χ1) is 30.0. The minimum Gasteiger partial charge on any atom is -0.462 e. The molecule has 0 N–H and O–H groups in total. The Bertz CT molecular complexity index is 989. The minimum absolute atomic E-state index is 0.0719. The lowest BCUT2D eigenvalue weighted by Gasteiger charge is -2.18. The van der Waals surface area contributed by atoms with Crippen LogP contribution in [0.15, 0.2) is 24.3 Å². The van der Waals surface area contributed by atoms with E-state index in [1.165, 1.54) is 167 Å². The summed E-state index contributed by atoms with van der Waals surface area (Å²) in [7, 11) is 0. The average molecular weight is 859 g/mol. The molecule has 0 aliphatic rings. The number of esters is 3. The Kier molecular flexibility index (Phi) is 48.8. The minimum atomic E-state index is -0.772. The van der Waals surface area contributed by atoms with Crippen LogP contribution in [0.5, 0.6) is 0 Å². The first-order valence-electron chi connectivity index (χ1n) is 26.8. The van der Waals surface area contributed by atoms with Crippen molar-refractivity contribution in [3.8, 4) is 0 Å². The van der Waals surface area contributed by atoms with E-state index in [2.05, 4.69) is 45.1 Å². The van der Waals surface area contributed by atoms with Gasteiger partial charge in [0.25, 0.3) is 0 Å². The van der Waals surface area contributed by atoms with Gasteiger partial charge in [-0.25, -0.2) is 0 Å². The number of carbonyl (C=O) groups excluding carboxylic acids is 3. The highest BCUT2D eigenvalue weighted by Crippen LogP contribution is 2.16. The molecule has 0 aliphatic heterocycles. The van der Waals surface area contributed by atoms with Crippen LogP contribution in [0.1, 0.15) is 290 Å². The summed E-state index contributed by atoms with van der Waals surface area (Å²) in [6.07, 6.45) is 57.3. The summed E-state index contributed by atoms with van der Waals surface area (Å²) in [6, 6.07) is 0. The van der Waals surface area contributed by atoms with E-state index in [1.807, 2.05) is 0 Å². The lowest BCUT2D eigenvalue weighted by atomic mass is 10.0. The molecule has 0 amide bonds. The summed E-state index contributed by atoms with van der Waals surface area (Å²) >= 11 is 0. The molecule has 6 nitrogen and oxygen atoms in total. The fraction of sp³-hybridized carbons (Fsp3) is 0.873. The molecular formula is C55H102O6. The van der Waals surface area contributed by atoms with Crippen LogP contribution in [0.3, 0.4) is 0 Å². The maximum absolute atomic E-state index is 12.8. The first kappa shape index (κ1) is 58.9. The Labute approximate surface area is 379 Å². The fourth-order valence-corrected chi connectivity index (χ4v) is 7.87. The maximum Gasteiger partial charge on any atom is 0.306 e. The van der Waals surface area contributed by atoms with Crippen molar-refractivity contribution in [2.75, 3.05) is 13.2 Å². The number of rotatable bonds is 49. The Hall–Kier alpha value is -2.11. The van der Waals surface area contributed by atoms with Gasteiger partial charge in [0.15, 0.2) is 6.10 Å². The van der Waals surface area contributed by atoms with Crippen molar-refractivity contribution < 1.29 is 28.6 Å². The van der Waals surface area contributed by atoms with Crippen LogP contribution in [-0.4, -0.2) is 37.2 Å². The standard InChI is InChI=1S/C55H102O6/c1-4-7-10-13-16-19-22-25-27-28-31-33-36-39-42-45-48-54(57)60-51-52(50-59-53(56)47-44-41-38-35-32-29-24-21-18-15-12-9-6-3)61-55(58)49-46-43-40-37-34-30-26-23-20-17-14-11-8-5-2/h14,17,23,26,52H,4-13,15-16,18-22,24-25,27-51H2,1-3H3/b17-14+,26-23+/t52-/m1/s1. The van der Waals surface area contributed by atoms with Gasteiger partial charge in [0.2, 0.25) is 0 Å². The lowest BCUT2D eigenvalue weighted by molar-refractivity contribution is -0.167. The molecule has 0 radical (unpaired) electrons. The number of hydrogen-bond donors (Lipinski definition) is 0. The second-order valence-electron chi connectivity index (χ2n) is 18.2. The van der Waals surface area contributed by atoms with Crippen molar-refractivity contribution >= 4 is 17.9 Å². The summed E-state index contributed by atoms with van der Waals surface area (Å²) in [5, 5.41) is 0. The predicted molar refractivity (Wildman–Crippen MR) is 261 cm³/mol. The number of hydrogen-bond acceptors (Lipinski definition) is 6. The highest BCUT2D eigenvalue weighted by Gasteiger charge is 2.19. The third-order valence-corrected chi connectivity index (χ3v) is 12.0. The molecule has 0 aromatic heterocycles. The summed E-state index contributed by atoms with van der Waals surface area (Å²) in [6.45, 7) is 6.62. The second-order valence-corrected chi connectivity index (χ2v) is 18.2. The van der Waals surface area contributed by atoms with Crippen molar-refractivity contribution in [3.63, 3.8) is 0 Å². The molecular weight excluding hydrogens is 757 g/mol. The van der Waals surface area contributed by atoms with Gasteiger partial charge >= 0.3 is 17.9 Å². The molecule has 0 aromatic rings. The van der Waals surface area contributed by atoms with E-state index in [9.17, 15) is 14.4 Å². The van der Waals surface area contributed by atoms with Crippen LogP contribution >= 0.6 is 0 Å². The van der Waals surface area contributed by atoms with E-state index >= 15 is 0 Å². The van der Waals surface area contributed by atoms with Gasteiger partial charge in [-0.1, -0.05) is 251 Å². The number of ether oxygens (including phenoxy) is 3. The Morgan fingerprint density at radius 1 is 0.328 bits per heavy atom. The largest absolute Gasteiger partial charge is 0.462 e. The Morgan fingerprint density at radius 3 is 0.951 bits per heavy atom. The van der Waals surface area contributed by atoms with Gasteiger partial charge in [-0.2, -0.15) is 0 Å². The molecule has 0 aliphatic carbocycles. The van der Waals surface area contributed by atoms with Crippen LogP contribution in [0.4, 0.5) is 0 Å². The van der Waals surface area contributed by atoms with Crippen molar-refractivity contribution in [2.24, 2.45) is 0 Å². The Balaban J connectivity index is 4.34. The van der Waals surface area contributed by atoms with Gasteiger partial charge in [-0.05, 0) is 44.9 Å². The predicted octanol–water partition coefficient (Wildman–Crippen LogP) is 17.5. The summed E-state index contributed by atoms with van der Waals surface area (Å²) in [4.78, 5) is 38.0. The molecule has 6 heteroatoms. The molecule has 0 heterocycles. The van der Waals surface area contributed by atoms with E-state index in [-0.39, 0.29) is 31.1 Å². The van der Waals surface area contributed by atoms with E-state index in [4.69, 9.17) is 14.2 Å². The van der Waals surface area contributed by atoms with Crippen molar-refractivity contribution in [1.82, 2.24) is 0 Å². The molecule has 0 fully saturated rings. The van der Waals surface area contributed by atoms with Gasteiger partial charge in [0.05, 0.1) is 0 Å². The summed E-state index contributed by atoms with van der Waals surface area (Å²) in [5.74, 6) is -0.869. The van der Waals surface area contributed by atoms with E-state index in [1.54, 1.807) is 0 Å². The van der Waals surface area contributed by atoms with Crippen molar-refractivity contribution in [1.29, 1.82) is 0 Å². The normalized spacial score (nSPS) is 12.1. The van der Waals surface area contributed by atoms with Gasteiger partial charge in [-0.3, -0.25) is 14.4 Å². The smallest absolute Gasteiger partial charge is 0.306 e. The quantitative estimate of drug-likeness (QED) is 0.0262. The van der Waals surface area contributed by atoms with Gasteiger partial charge < -0.3 is 14.2 Å². The molecule has 0 saturated carbocycles. The van der Waals surface area contributed by atoms with Crippen molar-refractivity contribution in [2.45, 2.75) is 297 Å². The van der Waals surface area contributed by atoms with Gasteiger partial charge in [0.1, 0.15) is 13.2 Å². The maximum atomic E-state index is 12.8. The van der Waals surface area contributed by atoms with Crippen LogP contribution in [-0.2, 0) is 28.6 Å². The Morgan fingerprint density at radius 2 is 0.607 bits per heavy atom. The van der Waals surface area contributed by atoms with Crippen LogP contribution in [0.25, 0.3) is 0 Å². The van der Waals surface area contributed by atoms with Crippen LogP contribution in [0, 0.1) is 0 Å². The third-order valence-electron chi connectivity index (χ3n) is 12.0. The average Bonchev–Trinajstić information content (AvgIpc) is 3.26. The lowest BCUT2D eigenvalue weighted by Crippen LogP contribution is -2.30. The van der Waals surface area contributed by atoms with Gasteiger partial charge in [-0.15, -0.1) is 0 Å². The molecule has 61 heavy (non-hydrogen) atoms. The third kappa shape index (κ3) is 48.8. The molecule has 358 valence electrons. The zero-order valence-corrected chi connectivity index (χ0v) is 40.9. The van der Waals surface area contributed by atoms with Crippen molar-refractivity contribution in [3.05, 3.63) is 24.3 Å². The first-order valence-corrected chi connectivity index (χ1v) is 26.8. The number of carbonyl (C=O) groups is 3. The monoisotopic (exact) mass is 859 g/mol. The molecule has 1 atom stereocenters. The fourth-order valence-electron chi connectivity index (χ4n) is 7.87. The van der Waals surface area contributed by atoms with Gasteiger partial charge in [0, 0.05) is 19.3 Å². The van der Waals surface area contributed by atoms with E-state index in [0.29, 0.717) is 19.3 Å².